The van der Waals surface area contributed by atoms with Crippen LogP contribution in [0.3, 0.4) is 0 Å². The van der Waals surface area contributed by atoms with Crippen molar-refractivity contribution in [2.24, 2.45) is 0 Å². The van der Waals surface area contributed by atoms with Crippen molar-refractivity contribution in [3.63, 3.8) is 0 Å². The molecule has 0 saturated carbocycles. The fraction of sp³-hybridized carbons (Fsp3) is 0.889. The van der Waals surface area contributed by atoms with Gasteiger partial charge >= 0.3 is 11.8 Å². The van der Waals surface area contributed by atoms with Gasteiger partial charge in [0.25, 0.3) is 0 Å². The van der Waals surface area contributed by atoms with Crippen LogP contribution in [0.25, 0.3) is 0 Å². The standard InChI is InChI=1S/C9H14O7/c1-8(2)15-6-5(11)4(3-10)14-9(6,16-8)7(12)13/h4-6,10-11H,3H2,1-2H3,(H,12,13)/t4-,5+,6-,9+/m0/s1. The van der Waals surface area contributed by atoms with Crippen molar-refractivity contribution in [1.82, 2.24) is 0 Å². The molecule has 0 bridgehead atoms. The van der Waals surface area contributed by atoms with Gasteiger partial charge in [-0.25, -0.2) is 4.79 Å². The number of aliphatic carboxylic acids is 1. The summed E-state index contributed by atoms with van der Waals surface area (Å²) in [7, 11) is 0. The molecule has 7 heteroatoms. The molecule has 0 aromatic rings. The summed E-state index contributed by atoms with van der Waals surface area (Å²) in [6, 6.07) is 0. The molecule has 0 unspecified atom stereocenters. The molecule has 0 aromatic heterocycles. The van der Waals surface area contributed by atoms with Crippen molar-refractivity contribution in [1.29, 1.82) is 0 Å². The Morgan fingerprint density at radius 1 is 1.38 bits per heavy atom. The van der Waals surface area contributed by atoms with Gasteiger partial charge < -0.3 is 29.5 Å². The van der Waals surface area contributed by atoms with Crippen LogP contribution in [0.1, 0.15) is 13.8 Å². The summed E-state index contributed by atoms with van der Waals surface area (Å²) in [6.07, 6.45) is -3.39. The largest absolute Gasteiger partial charge is 0.477 e. The van der Waals surface area contributed by atoms with Gasteiger partial charge in [0, 0.05) is 0 Å². The molecule has 3 N–H and O–H groups in total. The van der Waals surface area contributed by atoms with E-state index in [4.69, 9.17) is 24.4 Å². The maximum absolute atomic E-state index is 11.2. The molecule has 2 fully saturated rings. The first-order valence-corrected chi connectivity index (χ1v) is 4.90. The highest BCUT2D eigenvalue weighted by atomic mass is 16.9. The van der Waals surface area contributed by atoms with Crippen LogP contribution >= 0.6 is 0 Å². The molecule has 92 valence electrons. The monoisotopic (exact) mass is 234 g/mol. The minimum absolute atomic E-state index is 0.500. The molecular weight excluding hydrogens is 220 g/mol. The summed E-state index contributed by atoms with van der Waals surface area (Å²) in [6.45, 7) is 2.56. The number of carboxylic acid groups (broad SMARTS) is 1. The highest BCUT2D eigenvalue weighted by molar-refractivity contribution is 5.77. The number of carbonyl (C=O) groups is 1. The van der Waals surface area contributed by atoms with E-state index in [1.54, 1.807) is 0 Å². The van der Waals surface area contributed by atoms with E-state index < -0.39 is 42.5 Å². The zero-order valence-corrected chi connectivity index (χ0v) is 8.91. The van der Waals surface area contributed by atoms with E-state index in [0.717, 1.165) is 0 Å². The van der Waals surface area contributed by atoms with Crippen LogP contribution < -0.4 is 0 Å². The Kier molecular flexibility index (Phi) is 2.48. The summed E-state index contributed by atoms with van der Waals surface area (Å²) < 4.78 is 15.6. The first-order chi connectivity index (χ1) is 7.32. The number of fused-ring (bicyclic) bond motifs is 1. The molecule has 7 nitrogen and oxygen atoms in total. The maximum Gasteiger partial charge on any atom is 0.367 e. The molecular formula is C9H14O7. The summed E-state index contributed by atoms with van der Waals surface area (Å²) in [5, 5.41) is 27.8. The molecule has 2 aliphatic heterocycles. The van der Waals surface area contributed by atoms with E-state index in [-0.39, 0.29) is 0 Å². The number of ether oxygens (including phenoxy) is 3. The Bertz CT molecular complexity index is 315. The fourth-order valence-corrected chi connectivity index (χ4v) is 2.07. The third-order valence-corrected chi connectivity index (χ3v) is 2.68. The first-order valence-electron chi connectivity index (χ1n) is 4.90. The normalized spacial score (nSPS) is 45.6. The van der Waals surface area contributed by atoms with Gasteiger partial charge in [-0.05, 0) is 13.8 Å². The van der Waals surface area contributed by atoms with E-state index in [2.05, 4.69) is 0 Å². The van der Waals surface area contributed by atoms with Crippen molar-refractivity contribution >= 4 is 5.97 Å². The summed E-state index contributed by atoms with van der Waals surface area (Å²) in [4.78, 5) is 11.2. The second-order valence-electron chi connectivity index (χ2n) is 4.34. The van der Waals surface area contributed by atoms with Crippen molar-refractivity contribution in [2.75, 3.05) is 6.61 Å². The molecule has 0 amide bonds. The van der Waals surface area contributed by atoms with Crippen LogP contribution in [0, 0.1) is 0 Å². The Labute approximate surface area is 91.5 Å². The predicted molar refractivity (Wildman–Crippen MR) is 48.4 cm³/mol. The third kappa shape index (κ3) is 1.44. The zero-order chi connectivity index (χ0) is 12.1. The van der Waals surface area contributed by atoms with E-state index >= 15 is 0 Å². The lowest BCUT2D eigenvalue weighted by Gasteiger charge is -2.24. The molecule has 2 rings (SSSR count). The van der Waals surface area contributed by atoms with Gasteiger partial charge in [0.05, 0.1) is 6.61 Å². The van der Waals surface area contributed by atoms with E-state index in [0.29, 0.717) is 0 Å². The van der Waals surface area contributed by atoms with Crippen LogP contribution in [-0.2, 0) is 19.0 Å². The van der Waals surface area contributed by atoms with Crippen LogP contribution in [0.15, 0.2) is 0 Å². The van der Waals surface area contributed by atoms with Gasteiger partial charge in [-0.3, -0.25) is 0 Å². The molecule has 2 aliphatic rings. The Morgan fingerprint density at radius 3 is 2.44 bits per heavy atom. The number of carboxylic acids is 1. The highest BCUT2D eigenvalue weighted by Gasteiger charge is 2.69. The fourth-order valence-electron chi connectivity index (χ4n) is 2.07. The third-order valence-electron chi connectivity index (χ3n) is 2.68. The Balaban J connectivity index is 2.34. The average Bonchev–Trinajstić information content (AvgIpc) is 2.58. The second kappa shape index (κ2) is 3.38. The van der Waals surface area contributed by atoms with Crippen LogP contribution in [0.2, 0.25) is 0 Å². The lowest BCUT2D eigenvalue weighted by Crippen LogP contribution is -2.47. The zero-order valence-electron chi connectivity index (χ0n) is 8.91. The molecule has 0 aliphatic carbocycles. The first kappa shape index (κ1) is 11.7. The molecule has 0 radical (unpaired) electrons. The second-order valence-corrected chi connectivity index (χ2v) is 4.34. The number of aliphatic hydroxyl groups excluding tert-OH is 2. The van der Waals surface area contributed by atoms with Crippen LogP contribution in [0.5, 0.6) is 0 Å². The number of hydrogen-bond donors (Lipinski definition) is 3. The number of rotatable bonds is 2. The lowest BCUT2D eigenvalue weighted by molar-refractivity contribution is -0.265. The lowest BCUT2D eigenvalue weighted by atomic mass is 10.1. The smallest absolute Gasteiger partial charge is 0.367 e. The summed E-state index contributed by atoms with van der Waals surface area (Å²) in [5.41, 5.74) is 0. The van der Waals surface area contributed by atoms with Gasteiger partial charge in [-0.15, -0.1) is 0 Å². The SMILES string of the molecule is CC1(C)O[C@H]2[C@H](O)[C@H](CO)O[C@@]2(C(=O)O)O1. The minimum atomic E-state index is -2.03. The Hall–Kier alpha value is -0.730. The molecule has 2 heterocycles. The van der Waals surface area contributed by atoms with Crippen molar-refractivity contribution in [2.45, 2.75) is 43.7 Å². The van der Waals surface area contributed by atoms with E-state index in [9.17, 15) is 9.90 Å². The summed E-state index contributed by atoms with van der Waals surface area (Å²) >= 11 is 0. The van der Waals surface area contributed by atoms with Crippen molar-refractivity contribution in [3.8, 4) is 0 Å². The quantitative estimate of drug-likeness (QED) is 0.543. The summed E-state index contributed by atoms with van der Waals surface area (Å²) in [5.74, 6) is -4.56. The molecule has 0 aromatic carbocycles. The average molecular weight is 234 g/mol. The van der Waals surface area contributed by atoms with E-state index in [1.165, 1.54) is 13.8 Å². The van der Waals surface area contributed by atoms with Gasteiger partial charge in [0.1, 0.15) is 12.2 Å². The minimum Gasteiger partial charge on any atom is -0.477 e. The van der Waals surface area contributed by atoms with Crippen LogP contribution in [0.4, 0.5) is 0 Å². The Morgan fingerprint density at radius 2 is 2.00 bits per heavy atom. The van der Waals surface area contributed by atoms with Gasteiger partial charge in [-0.1, -0.05) is 0 Å². The molecule has 2 saturated heterocycles. The molecule has 16 heavy (non-hydrogen) atoms. The molecule has 0 spiro atoms. The van der Waals surface area contributed by atoms with Crippen molar-refractivity contribution < 1.29 is 34.3 Å². The van der Waals surface area contributed by atoms with E-state index in [1.807, 2.05) is 0 Å². The maximum atomic E-state index is 11.2. The van der Waals surface area contributed by atoms with Gasteiger partial charge in [0.15, 0.2) is 11.9 Å². The number of aliphatic hydroxyl groups is 2. The van der Waals surface area contributed by atoms with Crippen molar-refractivity contribution in [3.05, 3.63) is 0 Å². The topological polar surface area (TPSA) is 105 Å². The van der Waals surface area contributed by atoms with Gasteiger partial charge in [0.2, 0.25) is 0 Å². The van der Waals surface area contributed by atoms with Crippen LogP contribution in [-0.4, -0.2) is 57.8 Å². The molecule has 4 atom stereocenters. The van der Waals surface area contributed by atoms with Gasteiger partial charge in [-0.2, -0.15) is 0 Å². The highest BCUT2D eigenvalue weighted by Crippen LogP contribution is 2.45. The predicted octanol–water partition coefficient (Wildman–Crippen LogP) is -1.33. The number of hydrogen-bond acceptors (Lipinski definition) is 6.